The second-order valence-corrected chi connectivity index (χ2v) is 5.83. The average Bonchev–Trinajstić information content (AvgIpc) is 2.48. The van der Waals surface area contributed by atoms with Gasteiger partial charge in [-0.2, -0.15) is 0 Å². The van der Waals surface area contributed by atoms with Crippen molar-refractivity contribution in [2.75, 3.05) is 26.7 Å². The molecule has 108 valence electrons. The Morgan fingerprint density at radius 3 is 2.80 bits per heavy atom. The van der Waals surface area contributed by atoms with Crippen LogP contribution >= 0.6 is 11.6 Å². The van der Waals surface area contributed by atoms with E-state index in [0.29, 0.717) is 22.4 Å². The van der Waals surface area contributed by atoms with Crippen molar-refractivity contribution in [2.24, 2.45) is 5.92 Å². The quantitative estimate of drug-likeness (QED) is 0.920. The van der Waals surface area contributed by atoms with Crippen molar-refractivity contribution in [2.45, 2.75) is 18.9 Å². The second kappa shape index (κ2) is 5.58. The van der Waals surface area contributed by atoms with Gasteiger partial charge < -0.3 is 15.0 Å². The first-order valence-corrected chi connectivity index (χ1v) is 7.28. The fraction of sp³-hybridized carbons (Fsp3) is 0.571. The van der Waals surface area contributed by atoms with Gasteiger partial charge in [-0.05, 0) is 37.9 Å². The molecule has 1 aromatic rings. The molecule has 1 amide bonds. The molecule has 0 aromatic carbocycles. The third-order valence-electron chi connectivity index (χ3n) is 4.24. The van der Waals surface area contributed by atoms with E-state index in [4.69, 9.17) is 16.3 Å². The van der Waals surface area contributed by atoms with E-state index in [0.717, 1.165) is 19.6 Å². The normalized spacial score (nSPS) is 28.2. The number of methoxy groups -OCH3 is 1. The Labute approximate surface area is 123 Å². The molecule has 0 unspecified atom stereocenters. The maximum absolute atomic E-state index is 12.2. The molecule has 6 heteroatoms. The highest BCUT2D eigenvalue weighted by atomic mass is 35.5. The van der Waals surface area contributed by atoms with Gasteiger partial charge in [-0.1, -0.05) is 11.6 Å². The van der Waals surface area contributed by atoms with Crippen LogP contribution in [0.1, 0.15) is 23.3 Å². The van der Waals surface area contributed by atoms with Gasteiger partial charge in [0.05, 0.1) is 18.3 Å². The van der Waals surface area contributed by atoms with Crippen LogP contribution in [0.3, 0.4) is 0 Å². The zero-order chi connectivity index (χ0) is 14.1. The number of hydrogen-bond acceptors (Lipinski definition) is 4. The van der Waals surface area contributed by atoms with Crippen molar-refractivity contribution < 1.29 is 9.53 Å². The summed E-state index contributed by atoms with van der Waals surface area (Å²) in [7, 11) is 1.52. The number of amides is 1. The molecule has 0 spiro atoms. The third kappa shape index (κ3) is 2.60. The fourth-order valence-corrected chi connectivity index (χ4v) is 3.29. The lowest BCUT2D eigenvalue weighted by molar-refractivity contribution is 0.0618. The molecule has 4 heterocycles. The Morgan fingerprint density at radius 1 is 1.50 bits per heavy atom. The Balaban J connectivity index is 1.68. The van der Waals surface area contributed by atoms with Crippen molar-refractivity contribution in [3.05, 3.63) is 23.0 Å². The first kappa shape index (κ1) is 13.6. The number of rotatable bonds is 3. The molecular formula is C14H18ClN3O2. The van der Waals surface area contributed by atoms with Crippen LogP contribution in [0, 0.1) is 5.92 Å². The fourth-order valence-electron chi connectivity index (χ4n) is 3.06. The summed E-state index contributed by atoms with van der Waals surface area (Å²) in [6.07, 6.45) is 3.82. The molecule has 5 nitrogen and oxygen atoms in total. The predicted molar refractivity (Wildman–Crippen MR) is 76.2 cm³/mol. The lowest BCUT2D eigenvalue weighted by atomic mass is 9.84. The molecule has 0 aliphatic carbocycles. The smallest absolute Gasteiger partial charge is 0.270 e. The number of fused-ring (bicyclic) bond motifs is 3. The van der Waals surface area contributed by atoms with Crippen molar-refractivity contribution in [3.63, 3.8) is 0 Å². The molecule has 0 radical (unpaired) electrons. The van der Waals surface area contributed by atoms with Crippen molar-refractivity contribution >= 4 is 17.5 Å². The lowest BCUT2D eigenvalue weighted by Gasteiger charge is -2.44. The molecule has 3 aliphatic rings. The molecule has 2 bridgehead atoms. The average molecular weight is 296 g/mol. The van der Waals surface area contributed by atoms with E-state index in [9.17, 15) is 4.79 Å². The Bertz CT molecular complexity index is 515. The van der Waals surface area contributed by atoms with Gasteiger partial charge in [0.1, 0.15) is 5.69 Å². The number of carbonyl (C=O) groups excluding carboxylic acids is 1. The van der Waals surface area contributed by atoms with E-state index in [1.165, 1.54) is 26.1 Å². The molecule has 3 aliphatic heterocycles. The van der Waals surface area contributed by atoms with Crippen molar-refractivity contribution in [1.82, 2.24) is 15.2 Å². The van der Waals surface area contributed by atoms with Gasteiger partial charge in [-0.15, -0.1) is 0 Å². The topological polar surface area (TPSA) is 54.5 Å². The van der Waals surface area contributed by atoms with Crippen molar-refractivity contribution in [1.29, 1.82) is 0 Å². The van der Waals surface area contributed by atoms with Crippen LogP contribution in [0.5, 0.6) is 5.75 Å². The van der Waals surface area contributed by atoms with Crippen LogP contribution in [0.15, 0.2) is 12.3 Å². The van der Waals surface area contributed by atoms with Gasteiger partial charge in [0.15, 0.2) is 5.75 Å². The number of carbonyl (C=O) groups is 1. The van der Waals surface area contributed by atoms with Gasteiger partial charge in [0, 0.05) is 12.6 Å². The summed E-state index contributed by atoms with van der Waals surface area (Å²) >= 11 is 6.03. The van der Waals surface area contributed by atoms with Gasteiger partial charge >= 0.3 is 0 Å². The zero-order valence-electron chi connectivity index (χ0n) is 11.4. The number of halogens is 1. The van der Waals surface area contributed by atoms with E-state index in [1.807, 2.05) is 0 Å². The molecule has 1 atom stereocenters. The van der Waals surface area contributed by atoms with E-state index in [2.05, 4.69) is 15.2 Å². The minimum absolute atomic E-state index is 0.159. The molecule has 1 N–H and O–H groups in total. The second-order valence-electron chi connectivity index (χ2n) is 5.42. The number of nitrogens with one attached hydrogen (secondary N) is 1. The molecule has 1 aromatic heterocycles. The van der Waals surface area contributed by atoms with Crippen LogP contribution in [-0.4, -0.2) is 48.6 Å². The Hall–Kier alpha value is -1.33. The van der Waals surface area contributed by atoms with Gasteiger partial charge in [-0.3, -0.25) is 4.79 Å². The van der Waals surface area contributed by atoms with Gasteiger partial charge in [-0.25, -0.2) is 4.98 Å². The number of piperidine rings is 3. The predicted octanol–water partition coefficient (Wildman–Crippen LogP) is 1.57. The highest BCUT2D eigenvalue weighted by Gasteiger charge is 2.35. The zero-order valence-corrected chi connectivity index (χ0v) is 12.2. The first-order chi connectivity index (χ1) is 9.67. The highest BCUT2D eigenvalue weighted by Crippen LogP contribution is 2.28. The van der Waals surface area contributed by atoms with E-state index >= 15 is 0 Å². The monoisotopic (exact) mass is 295 g/mol. The minimum atomic E-state index is -0.159. The van der Waals surface area contributed by atoms with Crippen LogP contribution < -0.4 is 10.1 Å². The van der Waals surface area contributed by atoms with Crippen LogP contribution in [-0.2, 0) is 0 Å². The van der Waals surface area contributed by atoms with Gasteiger partial charge in [0.2, 0.25) is 0 Å². The number of pyridine rings is 1. The van der Waals surface area contributed by atoms with E-state index < -0.39 is 0 Å². The molecular weight excluding hydrogens is 278 g/mol. The first-order valence-electron chi connectivity index (χ1n) is 6.90. The summed E-state index contributed by atoms with van der Waals surface area (Å²) in [5.41, 5.74) is 0.340. The number of aromatic nitrogens is 1. The third-order valence-corrected chi connectivity index (χ3v) is 4.54. The molecule has 3 saturated heterocycles. The molecule has 3 fully saturated rings. The Morgan fingerprint density at radius 2 is 2.25 bits per heavy atom. The molecule has 20 heavy (non-hydrogen) atoms. The minimum Gasteiger partial charge on any atom is -0.494 e. The van der Waals surface area contributed by atoms with E-state index in [-0.39, 0.29) is 11.9 Å². The largest absolute Gasteiger partial charge is 0.494 e. The summed E-state index contributed by atoms with van der Waals surface area (Å²) in [6, 6.07) is 1.78. The summed E-state index contributed by atoms with van der Waals surface area (Å²) in [4.78, 5) is 18.8. The summed E-state index contributed by atoms with van der Waals surface area (Å²) in [6.45, 7) is 3.26. The summed E-state index contributed by atoms with van der Waals surface area (Å²) < 4.78 is 5.04. The highest BCUT2D eigenvalue weighted by molar-refractivity contribution is 6.32. The molecule has 0 saturated carbocycles. The lowest BCUT2D eigenvalue weighted by Crippen LogP contribution is -2.57. The number of ether oxygens (including phenoxy) is 1. The summed E-state index contributed by atoms with van der Waals surface area (Å²) in [5, 5.41) is 3.49. The standard InChI is InChI=1S/C14H18ClN3O2/c1-20-13-7-16-11(6-10(13)15)14(19)17-12-8-18-4-2-9(12)3-5-18/h6-7,9,12H,2-5,8H2,1H3,(H,17,19)/t12-/m0/s1. The SMILES string of the molecule is COc1cnc(C(=O)N[C@H]2CN3CCC2CC3)cc1Cl. The van der Waals surface area contributed by atoms with Crippen LogP contribution in [0.4, 0.5) is 0 Å². The van der Waals surface area contributed by atoms with Gasteiger partial charge in [0.25, 0.3) is 5.91 Å². The number of nitrogens with zero attached hydrogens (tertiary/aromatic N) is 2. The maximum atomic E-state index is 12.2. The van der Waals surface area contributed by atoms with Crippen molar-refractivity contribution in [3.8, 4) is 5.75 Å². The van der Waals surface area contributed by atoms with Crippen LogP contribution in [0.2, 0.25) is 5.02 Å². The number of hydrogen-bond donors (Lipinski definition) is 1. The maximum Gasteiger partial charge on any atom is 0.270 e. The van der Waals surface area contributed by atoms with Crippen LogP contribution in [0.25, 0.3) is 0 Å². The summed E-state index contributed by atoms with van der Waals surface area (Å²) in [5.74, 6) is 0.914. The molecule has 4 rings (SSSR count). The Kier molecular flexibility index (Phi) is 3.81. The van der Waals surface area contributed by atoms with E-state index in [1.54, 1.807) is 6.07 Å².